The second-order valence-corrected chi connectivity index (χ2v) is 5.72. The maximum absolute atomic E-state index is 11.8. The van der Waals surface area contributed by atoms with Crippen molar-refractivity contribution in [1.82, 2.24) is 15.3 Å². The topological polar surface area (TPSA) is 67.3 Å². The molecule has 2 atom stereocenters. The fourth-order valence-electron chi connectivity index (χ4n) is 2.62. The van der Waals surface area contributed by atoms with Gasteiger partial charge in [-0.2, -0.15) is 0 Å². The lowest BCUT2D eigenvalue weighted by atomic mass is 10.2. The molecule has 1 amide bonds. The van der Waals surface area contributed by atoms with E-state index in [4.69, 9.17) is 4.74 Å². The van der Waals surface area contributed by atoms with Crippen molar-refractivity contribution in [2.75, 3.05) is 25.1 Å². The van der Waals surface area contributed by atoms with Crippen LogP contribution in [0.4, 0.5) is 5.82 Å². The molecular formula is C16H20N4O2. The van der Waals surface area contributed by atoms with Crippen LogP contribution in [0.1, 0.15) is 19.3 Å². The van der Waals surface area contributed by atoms with Gasteiger partial charge in [-0.25, -0.2) is 9.97 Å². The highest BCUT2D eigenvalue weighted by Gasteiger charge is 2.33. The van der Waals surface area contributed by atoms with Crippen LogP contribution in [0.3, 0.4) is 0 Å². The Morgan fingerprint density at radius 1 is 1.55 bits per heavy atom. The van der Waals surface area contributed by atoms with E-state index in [0.717, 1.165) is 31.6 Å². The van der Waals surface area contributed by atoms with Gasteiger partial charge >= 0.3 is 0 Å². The van der Waals surface area contributed by atoms with E-state index in [-0.39, 0.29) is 18.1 Å². The first-order valence-corrected chi connectivity index (χ1v) is 7.61. The third kappa shape index (κ3) is 3.74. The minimum Gasteiger partial charge on any atom is -0.380 e. The molecule has 1 saturated carbocycles. The Balaban J connectivity index is 1.60. The SMILES string of the molecule is CO[C@@H]1C[C@H](CNC(=O)C#CC2CC2)N(c2ccncn2)C1. The standard InChI is InChI=1S/C16H20N4O2/c1-22-14-8-13(9-18-16(21)5-4-12-2-3-12)20(10-14)15-6-7-17-11-19-15/h6-7,11-14H,2-3,8-10H2,1H3,(H,18,21)/t13-,14-/m1/s1. The molecule has 0 spiro atoms. The highest BCUT2D eigenvalue weighted by Crippen LogP contribution is 2.27. The van der Waals surface area contributed by atoms with Gasteiger partial charge in [-0.3, -0.25) is 4.79 Å². The lowest BCUT2D eigenvalue weighted by molar-refractivity contribution is -0.115. The van der Waals surface area contributed by atoms with Gasteiger partial charge in [-0.1, -0.05) is 5.92 Å². The summed E-state index contributed by atoms with van der Waals surface area (Å²) < 4.78 is 5.46. The zero-order valence-electron chi connectivity index (χ0n) is 12.7. The summed E-state index contributed by atoms with van der Waals surface area (Å²) in [5, 5.41) is 2.90. The van der Waals surface area contributed by atoms with Crippen molar-refractivity contribution in [3.8, 4) is 11.8 Å². The predicted octanol–water partition coefficient (Wildman–Crippen LogP) is 0.600. The molecule has 1 saturated heterocycles. The smallest absolute Gasteiger partial charge is 0.295 e. The molecule has 6 heteroatoms. The van der Waals surface area contributed by atoms with Crippen molar-refractivity contribution >= 4 is 11.7 Å². The Morgan fingerprint density at radius 2 is 2.41 bits per heavy atom. The molecule has 116 valence electrons. The van der Waals surface area contributed by atoms with Gasteiger partial charge in [-0.15, -0.1) is 0 Å². The van der Waals surface area contributed by atoms with Crippen LogP contribution in [0.25, 0.3) is 0 Å². The van der Waals surface area contributed by atoms with Crippen LogP contribution in [-0.2, 0) is 9.53 Å². The number of methoxy groups -OCH3 is 1. The fourth-order valence-corrected chi connectivity index (χ4v) is 2.62. The van der Waals surface area contributed by atoms with Crippen LogP contribution >= 0.6 is 0 Å². The summed E-state index contributed by atoms with van der Waals surface area (Å²) in [5.41, 5.74) is 0. The Kier molecular flexibility index (Phi) is 4.54. The van der Waals surface area contributed by atoms with Crippen LogP contribution in [0.5, 0.6) is 0 Å². The molecule has 3 rings (SSSR count). The molecular weight excluding hydrogens is 280 g/mol. The number of rotatable bonds is 4. The van der Waals surface area contributed by atoms with Gasteiger partial charge in [-0.05, 0) is 31.2 Å². The summed E-state index contributed by atoms with van der Waals surface area (Å²) in [6, 6.07) is 2.03. The van der Waals surface area contributed by atoms with Crippen molar-refractivity contribution in [3.63, 3.8) is 0 Å². The highest BCUT2D eigenvalue weighted by atomic mass is 16.5. The number of aromatic nitrogens is 2. The Bertz CT molecular complexity index is 577. The van der Waals surface area contributed by atoms with Crippen LogP contribution in [0, 0.1) is 17.8 Å². The number of carbonyl (C=O) groups excluding carboxylic acids is 1. The third-order valence-corrected chi connectivity index (χ3v) is 4.04. The molecule has 0 bridgehead atoms. The van der Waals surface area contributed by atoms with Gasteiger partial charge in [0.1, 0.15) is 12.1 Å². The molecule has 1 N–H and O–H groups in total. The van der Waals surface area contributed by atoms with E-state index in [0.29, 0.717) is 12.5 Å². The van der Waals surface area contributed by atoms with Crippen LogP contribution in [0.15, 0.2) is 18.6 Å². The summed E-state index contributed by atoms with van der Waals surface area (Å²) in [6.45, 7) is 1.31. The fraction of sp³-hybridized carbons (Fsp3) is 0.562. The van der Waals surface area contributed by atoms with E-state index >= 15 is 0 Å². The second kappa shape index (κ2) is 6.75. The number of amides is 1. The number of hydrogen-bond donors (Lipinski definition) is 1. The second-order valence-electron chi connectivity index (χ2n) is 5.72. The molecule has 2 aliphatic rings. The number of nitrogens with zero attached hydrogens (tertiary/aromatic N) is 3. The van der Waals surface area contributed by atoms with Crippen molar-refractivity contribution in [2.24, 2.45) is 5.92 Å². The van der Waals surface area contributed by atoms with Crippen molar-refractivity contribution < 1.29 is 9.53 Å². The van der Waals surface area contributed by atoms with E-state index < -0.39 is 0 Å². The largest absolute Gasteiger partial charge is 0.380 e. The Labute approximate surface area is 130 Å². The van der Waals surface area contributed by atoms with E-state index in [1.54, 1.807) is 13.3 Å². The summed E-state index contributed by atoms with van der Waals surface area (Å²) in [6.07, 6.45) is 6.51. The average Bonchev–Trinajstić information content (AvgIpc) is 3.29. The molecule has 0 radical (unpaired) electrons. The zero-order valence-corrected chi connectivity index (χ0v) is 12.7. The van der Waals surface area contributed by atoms with E-state index in [2.05, 4.69) is 32.0 Å². The van der Waals surface area contributed by atoms with Gasteiger partial charge < -0.3 is 15.0 Å². The molecule has 1 aliphatic carbocycles. The molecule has 1 aliphatic heterocycles. The molecule has 1 aromatic rings. The molecule has 2 fully saturated rings. The van der Waals surface area contributed by atoms with Crippen LogP contribution < -0.4 is 10.2 Å². The molecule has 0 unspecified atom stereocenters. The zero-order chi connectivity index (χ0) is 15.4. The van der Waals surface area contributed by atoms with Crippen LogP contribution in [0.2, 0.25) is 0 Å². The lowest BCUT2D eigenvalue weighted by Crippen LogP contribution is -2.40. The van der Waals surface area contributed by atoms with Gasteiger partial charge in [0.25, 0.3) is 5.91 Å². The number of ether oxygens (including phenoxy) is 1. The number of nitrogens with one attached hydrogen (secondary N) is 1. The predicted molar refractivity (Wildman–Crippen MR) is 82.1 cm³/mol. The number of carbonyl (C=O) groups is 1. The molecule has 6 nitrogen and oxygen atoms in total. The lowest BCUT2D eigenvalue weighted by Gasteiger charge is -2.25. The molecule has 0 aromatic carbocycles. The van der Waals surface area contributed by atoms with Crippen molar-refractivity contribution in [2.45, 2.75) is 31.4 Å². The maximum atomic E-state index is 11.8. The van der Waals surface area contributed by atoms with Crippen molar-refractivity contribution in [1.29, 1.82) is 0 Å². The van der Waals surface area contributed by atoms with Gasteiger partial charge in [0.15, 0.2) is 0 Å². The van der Waals surface area contributed by atoms with E-state index in [1.165, 1.54) is 6.33 Å². The summed E-state index contributed by atoms with van der Waals surface area (Å²) >= 11 is 0. The van der Waals surface area contributed by atoms with Gasteiger partial charge in [0, 0.05) is 32.3 Å². The van der Waals surface area contributed by atoms with Crippen molar-refractivity contribution in [3.05, 3.63) is 18.6 Å². The third-order valence-electron chi connectivity index (χ3n) is 4.04. The summed E-state index contributed by atoms with van der Waals surface area (Å²) in [5.74, 6) is 6.74. The van der Waals surface area contributed by atoms with Gasteiger partial charge in [0.05, 0.1) is 12.1 Å². The molecule has 2 heterocycles. The molecule has 22 heavy (non-hydrogen) atoms. The monoisotopic (exact) mass is 300 g/mol. The highest BCUT2D eigenvalue weighted by molar-refractivity contribution is 5.93. The van der Waals surface area contributed by atoms with E-state index in [9.17, 15) is 4.79 Å². The number of anilines is 1. The first kappa shape index (κ1) is 14.8. The minimum absolute atomic E-state index is 0.148. The Hall–Kier alpha value is -2.13. The first-order chi connectivity index (χ1) is 10.8. The van der Waals surface area contributed by atoms with Gasteiger partial charge in [0.2, 0.25) is 0 Å². The van der Waals surface area contributed by atoms with E-state index in [1.807, 2.05) is 6.07 Å². The normalized spacial score (nSPS) is 23.8. The molecule has 1 aromatic heterocycles. The Morgan fingerprint density at radius 3 is 3.09 bits per heavy atom. The quantitative estimate of drug-likeness (QED) is 0.825. The average molecular weight is 300 g/mol. The van der Waals surface area contributed by atoms with Crippen LogP contribution in [-0.4, -0.2) is 48.2 Å². The summed E-state index contributed by atoms with van der Waals surface area (Å²) in [7, 11) is 1.71. The summed E-state index contributed by atoms with van der Waals surface area (Å²) in [4.78, 5) is 22.2. The maximum Gasteiger partial charge on any atom is 0.295 e. The first-order valence-electron chi connectivity index (χ1n) is 7.61. The minimum atomic E-state index is -0.199. The number of hydrogen-bond acceptors (Lipinski definition) is 5.